The van der Waals surface area contributed by atoms with Crippen molar-refractivity contribution in [2.75, 3.05) is 19.6 Å². The van der Waals surface area contributed by atoms with Gasteiger partial charge in [-0.05, 0) is 60.6 Å². The third-order valence-corrected chi connectivity index (χ3v) is 10.2. The van der Waals surface area contributed by atoms with Gasteiger partial charge in [-0.1, -0.05) is 81.4 Å². The van der Waals surface area contributed by atoms with Crippen molar-refractivity contribution in [2.45, 2.75) is 70.7 Å². The molecule has 0 saturated carbocycles. The van der Waals surface area contributed by atoms with Crippen molar-refractivity contribution >= 4 is 34.1 Å². The quantitative estimate of drug-likeness (QED) is 0.0880. The number of nitrogens with one attached hydrogen (secondary N) is 1. The fourth-order valence-corrected chi connectivity index (χ4v) is 7.58. The van der Waals surface area contributed by atoms with Crippen LogP contribution < -0.4 is 5.32 Å². The minimum atomic E-state index is -4.10. The molecule has 1 fully saturated rings. The van der Waals surface area contributed by atoms with Gasteiger partial charge in [0.2, 0.25) is 15.9 Å². The number of imide groups is 1. The van der Waals surface area contributed by atoms with E-state index in [1.54, 1.807) is 26.0 Å². The molecule has 3 aromatic rings. The van der Waals surface area contributed by atoms with Crippen molar-refractivity contribution in [3.8, 4) is 0 Å². The number of nitrogens with zero attached hydrogens (tertiary/aromatic N) is 5. The summed E-state index contributed by atoms with van der Waals surface area (Å²) in [5.41, 5.74) is 2.58. The van der Waals surface area contributed by atoms with Crippen LogP contribution in [0.5, 0.6) is 0 Å². The Morgan fingerprint density at radius 3 is 2.28 bits per heavy atom. The number of aliphatic hydroxyl groups excluding tert-OH is 1. The highest BCUT2D eigenvalue weighted by molar-refractivity contribution is 7.89. The van der Waals surface area contributed by atoms with Gasteiger partial charge in [-0.25, -0.2) is 13.2 Å². The summed E-state index contributed by atoms with van der Waals surface area (Å²) in [6.45, 7) is 8.50. The number of aliphatic hydroxyl groups is 1. The number of rotatable bonds is 16. The molecule has 3 N–H and O–H groups in total. The lowest BCUT2D eigenvalue weighted by Crippen LogP contribution is -2.57. The first-order chi connectivity index (χ1) is 23.7. The Labute approximate surface area is 293 Å². The molecule has 0 unspecified atom stereocenters. The smallest absolute Gasteiger partial charge is 0.328 e. The molecule has 1 aromatic heterocycles. The second-order valence-corrected chi connectivity index (χ2v) is 15.2. The number of carbonyl (C=O) groups is 3. The number of oxime groups is 1. The van der Waals surface area contributed by atoms with Crippen LogP contribution in [0.1, 0.15) is 50.2 Å². The molecule has 4 rings (SSSR count). The number of aromatic nitrogens is 1. The summed E-state index contributed by atoms with van der Waals surface area (Å²) in [5, 5.41) is 26.4. The highest BCUT2D eigenvalue weighted by Crippen LogP contribution is 2.23. The molecule has 1 aliphatic heterocycles. The first kappa shape index (κ1) is 38.1. The van der Waals surface area contributed by atoms with Crippen LogP contribution in [-0.4, -0.2) is 99.7 Å². The molecule has 0 spiro atoms. The maximum absolute atomic E-state index is 14.1. The lowest BCUT2D eigenvalue weighted by atomic mass is 9.97. The molecule has 2 aromatic carbocycles. The Morgan fingerprint density at radius 2 is 1.68 bits per heavy atom. The fourth-order valence-electron chi connectivity index (χ4n) is 5.96. The molecule has 13 nitrogen and oxygen atoms in total. The molecular formula is C36H46N6O7S. The van der Waals surface area contributed by atoms with Gasteiger partial charge in [0.25, 0.3) is 5.91 Å². The molecule has 50 heavy (non-hydrogen) atoms. The van der Waals surface area contributed by atoms with E-state index in [1.165, 1.54) is 39.7 Å². The molecule has 2 heterocycles. The summed E-state index contributed by atoms with van der Waals surface area (Å²) in [5.74, 6) is -1.53. The predicted molar refractivity (Wildman–Crippen MR) is 188 cm³/mol. The zero-order valence-corrected chi connectivity index (χ0v) is 29.8. The highest BCUT2D eigenvalue weighted by Gasteiger charge is 2.44. The molecule has 4 amide bonds. The normalized spacial score (nSPS) is 15.8. The number of amides is 4. The van der Waals surface area contributed by atoms with Crippen molar-refractivity contribution in [1.29, 1.82) is 0 Å². The molecule has 268 valence electrons. The Balaban J connectivity index is 1.59. The average molecular weight is 707 g/mol. The Hall–Kier alpha value is -4.66. The van der Waals surface area contributed by atoms with Crippen LogP contribution in [0.15, 0.2) is 82.8 Å². The number of sulfonamides is 1. The number of benzene rings is 2. The maximum Gasteiger partial charge on any atom is 0.328 e. The van der Waals surface area contributed by atoms with Crippen molar-refractivity contribution in [3.63, 3.8) is 0 Å². The van der Waals surface area contributed by atoms with Crippen LogP contribution in [0.25, 0.3) is 0 Å². The van der Waals surface area contributed by atoms with Crippen LogP contribution >= 0.6 is 0 Å². The van der Waals surface area contributed by atoms with Gasteiger partial charge in [-0.2, -0.15) is 4.31 Å². The second-order valence-electron chi connectivity index (χ2n) is 13.3. The first-order valence-corrected chi connectivity index (χ1v) is 18.0. The van der Waals surface area contributed by atoms with Crippen LogP contribution in [0.2, 0.25) is 0 Å². The largest absolute Gasteiger partial charge is 0.411 e. The van der Waals surface area contributed by atoms with E-state index >= 15 is 0 Å². The maximum atomic E-state index is 14.1. The highest BCUT2D eigenvalue weighted by atomic mass is 32.2. The van der Waals surface area contributed by atoms with Crippen molar-refractivity contribution in [1.82, 2.24) is 24.4 Å². The van der Waals surface area contributed by atoms with Gasteiger partial charge < -0.3 is 20.5 Å². The van der Waals surface area contributed by atoms with Gasteiger partial charge in [0.1, 0.15) is 12.6 Å². The standard InChI is InChI=1S/C36H46N6O7S/c1-24(2)20-40(50(48,49)30-16-14-28(15-17-30)19-37-47)22-32(43)31(18-27-11-7-6-8-12-27)39-35(45)34(25(3)4)42-23-33(44)41(36(42)46)21-29-13-9-10-26(5)38-29/h6-17,19,24-25,31-32,34,43,47H,18,20-23H2,1-5H3,(H,39,45)/t31-,32+,34-/m0/s1. The van der Waals surface area contributed by atoms with E-state index in [0.29, 0.717) is 11.3 Å². The number of hydrogen-bond acceptors (Lipinski definition) is 9. The topological polar surface area (TPSA) is 173 Å². The van der Waals surface area contributed by atoms with E-state index in [4.69, 9.17) is 5.21 Å². The monoisotopic (exact) mass is 706 g/mol. The zero-order valence-electron chi connectivity index (χ0n) is 29.0. The molecule has 0 radical (unpaired) electrons. The van der Waals surface area contributed by atoms with E-state index in [0.717, 1.165) is 16.2 Å². The Bertz CT molecular complexity index is 1770. The van der Waals surface area contributed by atoms with Crippen LogP contribution in [0.4, 0.5) is 4.79 Å². The number of aryl methyl sites for hydroxylation is 1. The van der Waals surface area contributed by atoms with Crippen LogP contribution in [-0.2, 0) is 32.6 Å². The lowest BCUT2D eigenvalue weighted by Gasteiger charge is -2.34. The minimum Gasteiger partial charge on any atom is -0.411 e. The first-order valence-electron chi connectivity index (χ1n) is 16.5. The van der Waals surface area contributed by atoms with E-state index < -0.39 is 52.0 Å². The SMILES string of the molecule is Cc1cccc(CN2C(=O)CN([C@H](C(=O)N[C@@H](Cc3ccccc3)[C@H](O)CN(CC(C)C)S(=O)(=O)c3ccc(C=NO)cc3)C(C)C)C2=O)n1. The summed E-state index contributed by atoms with van der Waals surface area (Å²) < 4.78 is 28.9. The summed E-state index contributed by atoms with van der Waals surface area (Å²) in [6, 6.07) is 17.7. The minimum absolute atomic E-state index is 0.00779. The van der Waals surface area contributed by atoms with Gasteiger partial charge in [0, 0.05) is 18.8 Å². The molecule has 0 aliphatic carbocycles. The van der Waals surface area contributed by atoms with Gasteiger partial charge in [0.05, 0.1) is 35.5 Å². The third kappa shape index (κ3) is 9.52. The second kappa shape index (κ2) is 16.8. The van der Waals surface area contributed by atoms with Gasteiger partial charge in [-0.15, -0.1) is 0 Å². The molecule has 3 atom stereocenters. The van der Waals surface area contributed by atoms with Crippen LogP contribution in [0.3, 0.4) is 0 Å². The third-order valence-electron chi connectivity index (χ3n) is 8.36. The molecular weight excluding hydrogens is 660 g/mol. The van der Waals surface area contributed by atoms with Crippen LogP contribution in [0, 0.1) is 18.8 Å². The summed E-state index contributed by atoms with van der Waals surface area (Å²) >= 11 is 0. The van der Waals surface area contributed by atoms with E-state index in [-0.39, 0.29) is 43.4 Å². The molecule has 14 heteroatoms. The molecule has 1 saturated heterocycles. The van der Waals surface area contributed by atoms with Crippen molar-refractivity contribution < 1.29 is 33.1 Å². The van der Waals surface area contributed by atoms with Gasteiger partial charge in [-0.3, -0.25) is 19.5 Å². The number of carbonyl (C=O) groups excluding carboxylic acids is 3. The fraction of sp³-hybridized carbons (Fsp3) is 0.417. The summed E-state index contributed by atoms with van der Waals surface area (Å²) in [4.78, 5) is 47.5. The lowest BCUT2D eigenvalue weighted by molar-refractivity contribution is -0.129. The van der Waals surface area contributed by atoms with Crippen molar-refractivity contribution in [3.05, 3.63) is 95.3 Å². The molecule has 0 bridgehead atoms. The number of urea groups is 1. The summed E-state index contributed by atoms with van der Waals surface area (Å²) in [6.07, 6.45) is -0.0137. The zero-order chi connectivity index (χ0) is 36.6. The van der Waals surface area contributed by atoms with E-state index in [2.05, 4.69) is 15.5 Å². The number of pyridine rings is 1. The average Bonchev–Trinajstić information content (AvgIpc) is 3.32. The predicted octanol–water partition coefficient (Wildman–Crippen LogP) is 3.42. The Morgan fingerprint density at radius 1 is 1.00 bits per heavy atom. The summed E-state index contributed by atoms with van der Waals surface area (Å²) in [7, 11) is -4.10. The molecule has 1 aliphatic rings. The number of hydrogen-bond donors (Lipinski definition) is 3. The van der Waals surface area contributed by atoms with E-state index in [1.807, 2.05) is 57.2 Å². The van der Waals surface area contributed by atoms with Crippen molar-refractivity contribution in [2.24, 2.45) is 17.0 Å². The van der Waals surface area contributed by atoms with E-state index in [9.17, 15) is 27.9 Å². The van der Waals surface area contributed by atoms with Gasteiger partial charge in [0.15, 0.2) is 0 Å². The Kier molecular flexibility index (Phi) is 12.8. The van der Waals surface area contributed by atoms with Gasteiger partial charge >= 0.3 is 6.03 Å².